The van der Waals surface area contributed by atoms with Crippen LogP contribution in [0.2, 0.25) is 0 Å². The van der Waals surface area contributed by atoms with Gasteiger partial charge >= 0.3 is 26.2 Å². The van der Waals surface area contributed by atoms with Crippen LogP contribution in [0, 0.1) is 0 Å². The third-order valence-corrected chi connectivity index (χ3v) is 4.93. The number of rotatable bonds is 8. The number of aryl methyl sites for hydroxylation is 2. The minimum Gasteiger partial charge on any atom is -1.00 e. The molecular weight excluding hydrogens is 450 g/mol. The van der Waals surface area contributed by atoms with E-state index in [1.54, 1.807) is 0 Å². The summed E-state index contributed by atoms with van der Waals surface area (Å²) >= 11 is 0. The van der Waals surface area contributed by atoms with Crippen molar-refractivity contribution in [2.75, 3.05) is 0 Å². The van der Waals surface area contributed by atoms with E-state index in [0.717, 1.165) is 0 Å². The summed E-state index contributed by atoms with van der Waals surface area (Å²) in [7, 11) is 0. The Balaban J connectivity index is 0.00000225. The molecule has 3 aromatic carbocycles. The average Bonchev–Trinajstić information content (AvgIpc) is 3.03. The van der Waals surface area contributed by atoms with Crippen LogP contribution in [0.3, 0.4) is 0 Å². The van der Waals surface area contributed by atoms with Crippen LogP contribution in [0.25, 0.3) is 21.9 Å². The summed E-state index contributed by atoms with van der Waals surface area (Å²) in [5.74, 6) is 0. The van der Waals surface area contributed by atoms with Crippen molar-refractivity contribution >= 4 is 10.8 Å². The van der Waals surface area contributed by atoms with E-state index in [9.17, 15) is 0 Å². The SMILES string of the molecule is CCCCCCc1cc2c(-c3ccc(CCC)cc3)cccc2[cH-]1.[Cl-].[Cl-].[Zr+3]. The molecule has 3 aromatic rings. The van der Waals surface area contributed by atoms with Crippen LogP contribution in [0.4, 0.5) is 0 Å². The van der Waals surface area contributed by atoms with Crippen LogP contribution in [0.15, 0.2) is 54.6 Å². The minimum atomic E-state index is 0. The van der Waals surface area contributed by atoms with Crippen molar-refractivity contribution in [2.24, 2.45) is 0 Å². The van der Waals surface area contributed by atoms with Gasteiger partial charge in [0.25, 0.3) is 0 Å². The van der Waals surface area contributed by atoms with Crippen LogP contribution >= 0.6 is 0 Å². The predicted molar refractivity (Wildman–Crippen MR) is 107 cm³/mol. The largest absolute Gasteiger partial charge is 3.00 e. The first-order chi connectivity index (χ1) is 11.8. The third-order valence-electron chi connectivity index (χ3n) is 4.93. The van der Waals surface area contributed by atoms with Gasteiger partial charge in [-0.05, 0) is 24.0 Å². The Labute approximate surface area is 196 Å². The van der Waals surface area contributed by atoms with Crippen molar-refractivity contribution in [1.29, 1.82) is 0 Å². The molecule has 3 rings (SSSR count). The first-order valence-electron chi connectivity index (χ1n) is 9.59. The Morgan fingerprint density at radius 1 is 0.778 bits per heavy atom. The summed E-state index contributed by atoms with van der Waals surface area (Å²) < 4.78 is 0. The van der Waals surface area contributed by atoms with E-state index in [4.69, 9.17) is 0 Å². The number of unbranched alkanes of at least 4 members (excludes halogenated alkanes) is 3. The molecule has 1 radical (unpaired) electrons. The zero-order chi connectivity index (χ0) is 16.8. The standard InChI is InChI=1S/C24H29.2ClH.Zr/c1-3-5-6-7-10-20-17-22-11-8-12-23(24(22)18-20)21-15-13-19(9-4-2)14-16-21;;;/h8,11-18H,3-7,9-10H2,1-2H3;2*1H;/q-1;;;+3/p-2. The van der Waals surface area contributed by atoms with E-state index in [1.165, 1.54) is 78.0 Å². The Kier molecular flexibility index (Phi) is 13.4. The summed E-state index contributed by atoms with van der Waals surface area (Å²) in [6, 6.07) is 20.6. The smallest absolute Gasteiger partial charge is 1.00 e. The zero-order valence-electron chi connectivity index (χ0n) is 16.4. The summed E-state index contributed by atoms with van der Waals surface area (Å²) in [5.41, 5.74) is 5.64. The second kappa shape index (κ2) is 13.6. The molecular formula is C24H29Cl2Zr. The molecule has 0 aliphatic heterocycles. The molecule has 0 bridgehead atoms. The Bertz CT molecular complexity index is 775. The molecule has 0 atom stereocenters. The molecule has 143 valence electrons. The molecule has 0 unspecified atom stereocenters. The second-order valence-corrected chi connectivity index (χ2v) is 6.93. The van der Waals surface area contributed by atoms with Crippen molar-refractivity contribution in [3.8, 4) is 11.1 Å². The molecule has 3 heteroatoms. The molecule has 0 N–H and O–H groups in total. The van der Waals surface area contributed by atoms with E-state index in [0.29, 0.717) is 0 Å². The Morgan fingerprint density at radius 2 is 1.52 bits per heavy atom. The number of halogens is 2. The third kappa shape index (κ3) is 7.12. The van der Waals surface area contributed by atoms with Crippen LogP contribution < -0.4 is 24.8 Å². The van der Waals surface area contributed by atoms with Gasteiger partial charge in [0.15, 0.2) is 0 Å². The fourth-order valence-corrected chi connectivity index (χ4v) is 3.59. The van der Waals surface area contributed by atoms with Gasteiger partial charge in [-0.1, -0.05) is 81.8 Å². The maximum absolute atomic E-state index is 2.41. The quantitative estimate of drug-likeness (QED) is 0.338. The second-order valence-electron chi connectivity index (χ2n) is 6.93. The minimum absolute atomic E-state index is 0. The number of fused-ring (bicyclic) bond motifs is 1. The molecule has 0 aromatic heterocycles. The first-order valence-corrected chi connectivity index (χ1v) is 9.59. The molecule has 0 aliphatic rings. The molecule has 0 nitrogen and oxygen atoms in total. The van der Waals surface area contributed by atoms with E-state index >= 15 is 0 Å². The van der Waals surface area contributed by atoms with E-state index in [1.807, 2.05) is 0 Å². The number of hydrogen-bond donors (Lipinski definition) is 0. The Hall–Kier alpha value is -0.487. The van der Waals surface area contributed by atoms with Crippen molar-refractivity contribution < 1.29 is 51.0 Å². The molecule has 0 saturated heterocycles. The van der Waals surface area contributed by atoms with Gasteiger partial charge in [0.2, 0.25) is 0 Å². The normalized spacial score (nSPS) is 10.0. The summed E-state index contributed by atoms with van der Waals surface area (Å²) in [5, 5.41) is 2.79. The Morgan fingerprint density at radius 3 is 2.19 bits per heavy atom. The van der Waals surface area contributed by atoms with E-state index < -0.39 is 0 Å². The van der Waals surface area contributed by atoms with Crippen molar-refractivity contribution in [1.82, 2.24) is 0 Å². The molecule has 0 fully saturated rings. The van der Waals surface area contributed by atoms with Crippen LogP contribution in [-0.4, -0.2) is 0 Å². The summed E-state index contributed by atoms with van der Waals surface area (Å²) in [6.45, 7) is 4.51. The maximum atomic E-state index is 2.41. The fourth-order valence-electron chi connectivity index (χ4n) is 3.59. The fraction of sp³-hybridized carbons (Fsp3) is 0.375. The van der Waals surface area contributed by atoms with Gasteiger partial charge in [0, 0.05) is 0 Å². The van der Waals surface area contributed by atoms with Gasteiger partial charge in [-0.15, -0.1) is 34.5 Å². The monoisotopic (exact) mass is 477 g/mol. The van der Waals surface area contributed by atoms with Crippen molar-refractivity contribution in [2.45, 2.75) is 58.8 Å². The van der Waals surface area contributed by atoms with Crippen LogP contribution in [0.5, 0.6) is 0 Å². The van der Waals surface area contributed by atoms with Crippen molar-refractivity contribution in [3.63, 3.8) is 0 Å². The molecule has 0 saturated carbocycles. The first kappa shape index (κ1) is 26.5. The van der Waals surface area contributed by atoms with E-state index in [-0.39, 0.29) is 51.0 Å². The summed E-state index contributed by atoms with van der Waals surface area (Å²) in [6.07, 6.45) is 8.91. The predicted octanol–water partition coefficient (Wildman–Crippen LogP) is 1.31. The van der Waals surface area contributed by atoms with Gasteiger partial charge in [-0.25, -0.2) is 0 Å². The number of hydrogen-bond acceptors (Lipinski definition) is 0. The summed E-state index contributed by atoms with van der Waals surface area (Å²) in [4.78, 5) is 0. The average molecular weight is 480 g/mol. The molecule has 0 aliphatic carbocycles. The maximum Gasteiger partial charge on any atom is 3.00 e. The molecule has 0 spiro atoms. The van der Waals surface area contributed by atoms with Gasteiger partial charge < -0.3 is 24.8 Å². The number of benzene rings is 2. The van der Waals surface area contributed by atoms with Gasteiger partial charge in [-0.3, -0.25) is 0 Å². The van der Waals surface area contributed by atoms with Gasteiger partial charge in [0.1, 0.15) is 0 Å². The molecule has 0 heterocycles. The van der Waals surface area contributed by atoms with Crippen LogP contribution in [0.1, 0.15) is 57.1 Å². The van der Waals surface area contributed by atoms with Gasteiger partial charge in [0.05, 0.1) is 0 Å². The zero-order valence-corrected chi connectivity index (χ0v) is 20.4. The molecule has 0 amide bonds. The molecule has 27 heavy (non-hydrogen) atoms. The van der Waals surface area contributed by atoms with E-state index in [2.05, 4.69) is 68.4 Å². The van der Waals surface area contributed by atoms with Crippen LogP contribution in [-0.2, 0) is 39.0 Å². The van der Waals surface area contributed by atoms with Gasteiger partial charge in [-0.2, -0.15) is 6.07 Å². The van der Waals surface area contributed by atoms with Crippen molar-refractivity contribution in [3.05, 3.63) is 65.7 Å². The topological polar surface area (TPSA) is 0 Å².